The second kappa shape index (κ2) is 10.1. The summed E-state index contributed by atoms with van der Waals surface area (Å²) in [5, 5.41) is 6.99. The summed E-state index contributed by atoms with van der Waals surface area (Å²) in [5.41, 5.74) is 5.90. The molecule has 0 spiro atoms. The molecule has 0 bridgehead atoms. The van der Waals surface area contributed by atoms with Crippen LogP contribution in [0, 0.1) is 0 Å². The molecule has 1 aromatic carbocycles. The van der Waals surface area contributed by atoms with Gasteiger partial charge in [0.2, 0.25) is 5.91 Å². The molecule has 2 heterocycles. The van der Waals surface area contributed by atoms with Crippen molar-refractivity contribution in [2.75, 3.05) is 23.2 Å². The second-order valence-electron chi connectivity index (χ2n) is 9.43. The number of piperidine rings is 1. The van der Waals surface area contributed by atoms with Crippen molar-refractivity contribution in [3.8, 4) is 0 Å². The van der Waals surface area contributed by atoms with Gasteiger partial charge in [0.25, 0.3) is 0 Å². The van der Waals surface area contributed by atoms with Crippen molar-refractivity contribution in [2.24, 2.45) is 7.05 Å². The number of aromatic nitrogens is 2. The molecule has 183 valence electrons. The summed E-state index contributed by atoms with van der Waals surface area (Å²) in [7, 11) is -0.922. The topological polar surface area (TPSA) is 117 Å². The molecular formula is C23H30N6NaO4S. The minimum Gasteiger partial charge on any atom is -0.344 e. The number of fused-ring (bicyclic) bond motifs is 2. The van der Waals surface area contributed by atoms with E-state index in [9.17, 15) is 18.0 Å². The monoisotopic (exact) mass is 509 g/mol. The van der Waals surface area contributed by atoms with Crippen molar-refractivity contribution in [1.29, 1.82) is 0 Å². The standard InChI is InChI=1S/C23H30N6O4S.Na/c1-27-13-17(9-10-21(27)30)29(18-12-24-28(2)14-18)34(32,33)26-23(31)25-22-19-7-3-5-15(19)11-16-6-4-8-20(16)22;/h11-12,14,17H,3-10,13H2,1-2H3,(H2,25,26,31);. The Hall–Kier alpha value is -2.08. The normalized spacial score (nSPS) is 19.1. The molecular weight excluding hydrogens is 479 g/mol. The summed E-state index contributed by atoms with van der Waals surface area (Å²) in [4.78, 5) is 26.6. The molecule has 12 heteroatoms. The molecule has 1 aromatic heterocycles. The van der Waals surface area contributed by atoms with Crippen LogP contribution in [0.2, 0.25) is 0 Å². The Bertz CT molecular complexity index is 1230. The Morgan fingerprint density at radius 1 is 1.09 bits per heavy atom. The molecule has 1 saturated heterocycles. The van der Waals surface area contributed by atoms with Crippen LogP contribution in [0.5, 0.6) is 0 Å². The zero-order valence-corrected chi connectivity index (χ0v) is 23.3. The van der Waals surface area contributed by atoms with Crippen molar-refractivity contribution >= 4 is 63.1 Å². The first-order valence-electron chi connectivity index (χ1n) is 11.7. The van der Waals surface area contributed by atoms with E-state index in [0.717, 1.165) is 55.3 Å². The van der Waals surface area contributed by atoms with Crippen LogP contribution in [0.1, 0.15) is 47.9 Å². The largest absolute Gasteiger partial charge is 0.344 e. The first-order chi connectivity index (χ1) is 16.2. The number of nitrogens with zero attached hydrogens (tertiary/aromatic N) is 4. The Balaban J connectivity index is 0.00000289. The fraction of sp³-hybridized carbons (Fsp3) is 0.522. The fourth-order valence-corrected chi connectivity index (χ4v) is 6.84. The van der Waals surface area contributed by atoms with Crippen molar-refractivity contribution in [2.45, 2.75) is 57.4 Å². The Morgan fingerprint density at radius 2 is 1.74 bits per heavy atom. The van der Waals surface area contributed by atoms with Gasteiger partial charge in [0.15, 0.2) is 0 Å². The second-order valence-corrected chi connectivity index (χ2v) is 11.0. The molecule has 0 saturated carbocycles. The van der Waals surface area contributed by atoms with Crippen LogP contribution < -0.4 is 14.3 Å². The molecule has 5 rings (SSSR count). The van der Waals surface area contributed by atoms with Crippen molar-refractivity contribution < 1.29 is 18.0 Å². The quantitative estimate of drug-likeness (QED) is 0.593. The Kier molecular flexibility index (Phi) is 7.51. The first-order valence-corrected chi connectivity index (χ1v) is 13.2. The number of urea groups is 1. The van der Waals surface area contributed by atoms with Crippen LogP contribution >= 0.6 is 0 Å². The van der Waals surface area contributed by atoms with Gasteiger partial charge in [-0.05, 0) is 67.2 Å². The number of likely N-dealkylation sites (tertiary alicyclic amines) is 1. The third-order valence-electron chi connectivity index (χ3n) is 7.07. The number of carbonyl (C=O) groups excluding carboxylic acids is 2. The number of anilines is 2. The predicted octanol–water partition coefficient (Wildman–Crippen LogP) is 1.51. The minimum absolute atomic E-state index is 0. The van der Waals surface area contributed by atoms with Gasteiger partial charge >= 0.3 is 16.2 Å². The average molecular weight is 510 g/mol. The van der Waals surface area contributed by atoms with Gasteiger partial charge in [0.05, 0.1) is 17.9 Å². The van der Waals surface area contributed by atoms with E-state index in [1.165, 1.54) is 31.2 Å². The van der Waals surface area contributed by atoms with Gasteiger partial charge < -0.3 is 10.2 Å². The third kappa shape index (κ3) is 5.09. The molecule has 1 atom stereocenters. The van der Waals surface area contributed by atoms with Gasteiger partial charge in [-0.25, -0.2) is 13.8 Å². The van der Waals surface area contributed by atoms with Crippen LogP contribution in [0.4, 0.5) is 16.2 Å². The van der Waals surface area contributed by atoms with Gasteiger partial charge in [0.1, 0.15) is 0 Å². The fourth-order valence-electron chi connectivity index (χ4n) is 5.52. The summed E-state index contributed by atoms with van der Waals surface area (Å²) in [6, 6.07) is 0.973. The minimum atomic E-state index is -4.27. The molecule has 2 aliphatic carbocycles. The number of nitrogens with one attached hydrogen (secondary N) is 2. The predicted molar refractivity (Wildman–Crippen MR) is 134 cm³/mol. The Labute approximate surface area is 227 Å². The van der Waals surface area contributed by atoms with Crippen molar-refractivity contribution in [3.05, 3.63) is 40.7 Å². The molecule has 35 heavy (non-hydrogen) atoms. The van der Waals surface area contributed by atoms with Crippen LogP contribution in [-0.4, -0.2) is 84.2 Å². The SMILES string of the molecule is CN1CC(N(c2cnn(C)c2)S(=O)(=O)NC(=O)Nc2c3c(cc4c2CCC4)CCC3)CCC1=O.[Na]. The molecule has 10 nitrogen and oxygen atoms in total. The summed E-state index contributed by atoms with van der Waals surface area (Å²) < 4.78 is 31.9. The van der Waals surface area contributed by atoms with E-state index in [1.807, 2.05) is 0 Å². The van der Waals surface area contributed by atoms with Gasteiger partial charge in [-0.15, -0.1) is 0 Å². The van der Waals surface area contributed by atoms with E-state index in [-0.39, 0.29) is 48.4 Å². The summed E-state index contributed by atoms with van der Waals surface area (Å²) in [5.74, 6) is -0.0303. The van der Waals surface area contributed by atoms with E-state index in [1.54, 1.807) is 20.3 Å². The molecule has 1 radical (unpaired) electrons. The molecule has 3 aliphatic rings. The van der Waals surface area contributed by atoms with Crippen molar-refractivity contribution in [1.82, 2.24) is 19.4 Å². The zero-order chi connectivity index (χ0) is 24.0. The molecule has 1 aliphatic heterocycles. The van der Waals surface area contributed by atoms with E-state index in [4.69, 9.17) is 0 Å². The van der Waals surface area contributed by atoms with E-state index >= 15 is 0 Å². The summed E-state index contributed by atoms with van der Waals surface area (Å²) in [6.45, 7) is 0.232. The van der Waals surface area contributed by atoms with E-state index in [0.29, 0.717) is 12.1 Å². The number of amides is 3. The van der Waals surface area contributed by atoms with Gasteiger partial charge in [-0.3, -0.25) is 9.48 Å². The van der Waals surface area contributed by atoms with Gasteiger partial charge in [0, 0.05) is 68.5 Å². The molecule has 3 amide bonds. The molecule has 1 unspecified atom stereocenters. The number of benzene rings is 1. The number of likely N-dealkylation sites (N-methyl/N-ethyl adjacent to an activating group) is 1. The van der Waals surface area contributed by atoms with Crippen LogP contribution in [-0.2, 0) is 47.7 Å². The molecule has 1 fully saturated rings. The molecule has 2 N–H and O–H groups in total. The smallest absolute Gasteiger partial charge is 0.334 e. The van der Waals surface area contributed by atoms with Crippen LogP contribution in [0.15, 0.2) is 18.5 Å². The summed E-state index contributed by atoms with van der Waals surface area (Å²) >= 11 is 0. The number of aryl methyl sites for hydroxylation is 3. The Morgan fingerprint density at radius 3 is 2.31 bits per heavy atom. The number of rotatable bonds is 5. The van der Waals surface area contributed by atoms with Crippen LogP contribution in [0.3, 0.4) is 0 Å². The molecule has 2 aromatic rings. The van der Waals surface area contributed by atoms with Gasteiger partial charge in [-0.2, -0.15) is 13.5 Å². The van der Waals surface area contributed by atoms with Crippen LogP contribution in [0.25, 0.3) is 0 Å². The summed E-state index contributed by atoms with van der Waals surface area (Å²) in [6.07, 6.45) is 9.45. The number of hydrogen-bond acceptors (Lipinski definition) is 5. The maximum Gasteiger partial charge on any atom is 0.334 e. The number of hydrogen-bond donors (Lipinski definition) is 2. The first kappa shape index (κ1) is 26.0. The van der Waals surface area contributed by atoms with Crippen molar-refractivity contribution in [3.63, 3.8) is 0 Å². The van der Waals surface area contributed by atoms with Gasteiger partial charge in [-0.1, -0.05) is 6.07 Å². The maximum atomic E-state index is 13.5. The van der Waals surface area contributed by atoms with E-state index in [2.05, 4.69) is 21.2 Å². The average Bonchev–Trinajstić information content (AvgIpc) is 3.51. The zero-order valence-electron chi connectivity index (χ0n) is 20.5. The van der Waals surface area contributed by atoms with E-state index < -0.39 is 22.3 Å². The number of carbonyl (C=O) groups is 2. The maximum absolute atomic E-state index is 13.5. The third-order valence-corrected chi connectivity index (χ3v) is 8.54.